The minimum absolute atomic E-state index is 0.174. The third-order valence-electron chi connectivity index (χ3n) is 5.20. The number of rotatable bonds is 4. The fourth-order valence-corrected chi connectivity index (χ4v) is 3.52. The van der Waals surface area contributed by atoms with Gasteiger partial charge in [-0.15, -0.1) is 0 Å². The van der Waals surface area contributed by atoms with Crippen molar-refractivity contribution in [3.05, 3.63) is 81.4 Å². The highest BCUT2D eigenvalue weighted by Gasteiger charge is 2.14. The average molecular weight is 401 g/mol. The molecule has 0 aliphatic rings. The number of anilines is 1. The SMILES string of the molecule is Cc1ccc(C)c(-c2cc3c(=O)n(CC(=O)Nc4c(C)cccc4C)ncn3n2)c1. The van der Waals surface area contributed by atoms with Crippen LogP contribution in [-0.4, -0.2) is 25.3 Å². The minimum Gasteiger partial charge on any atom is -0.324 e. The smallest absolute Gasteiger partial charge is 0.293 e. The molecular formula is C23H23N5O2. The van der Waals surface area contributed by atoms with Crippen LogP contribution in [0.3, 0.4) is 0 Å². The molecule has 4 rings (SSSR count). The van der Waals surface area contributed by atoms with E-state index in [1.807, 2.05) is 64.1 Å². The van der Waals surface area contributed by atoms with Crippen molar-refractivity contribution in [3.8, 4) is 11.3 Å². The van der Waals surface area contributed by atoms with Crippen LogP contribution < -0.4 is 10.9 Å². The largest absolute Gasteiger partial charge is 0.324 e. The maximum absolute atomic E-state index is 12.9. The van der Waals surface area contributed by atoms with Crippen LogP contribution in [0.15, 0.2) is 53.6 Å². The third kappa shape index (κ3) is 3.61. The van der Waals surface area contributed by atoms with E-state index in [0.717, 1.165) is 38.2 Å². The molecule has 0 radical (unpaired) electrons. The number of nitrogens with zero attached hydrogens (tertiary/aromatic N) is 4. The number of fused-ring (bicyclic) bond motifs is 1. The Kier molecular flexibility index (Phi) is 4.95. The molecule has 7 heteroatoms. The first-order valence-electron chi connectivity index (χ1n) is 9.72. The van der Waals surface area contributed by atoms with E-state index in [2.05, 4.69) is 15.5 Å². The number of hydrogen-bond acceptors (Lipinski definition) is 4. The molecule has 0 aliphatic carbocycles. The number of benzene rings is 2. The Bertz CT molecular complexity index is 1310. The molecule has 0 aliphatic heterocycles. The van der Waals surface area contributed by atoms with E-state index in [9.17, 15) is 9.59 Å². The number of para-hydroxylation sites is 1. The Hall–Kier alpha value is -3.74. The highest BCUT2D eigenvalue weighted by Crippen LogP contribution is 2.23. The lowest BCUT2D eigenvalue weighted by atomic mass is 10.0. The second-order valence-corrected chi connectivity index (χ2v) is 7.59. The Morgan fingerprint density at radius 3 is 2.47 bits per heavy atom. The molecule has 2 aromatic carbocycles. The Labute approximate surface area is 174 Å². The standard InChI is InChI=1S/C23H23N5O2/c1-14-8-9-15(2)18(10-14)19-11-20-23(30)27(24-13-28(20)26-19)12-21(29)25-22-16(3)6-5-7-17(22)4/h5-11,13H,12H2,1-4H3,(H,25,29). The van der Waals surface area contributed by atoms with Crippen LogP contribution >= 0.6 is 0 Å². The maximum Gasteiger partial charge on any atom is 0.293 e. The summed E-state index contributed by atoms with van der Waals surface area (Å²) in [5.41, 5.74) is 6.57. The van der Waals surface area contributed by atoms with E-state index in [1.165, 1.54) is 10.8 Å². The minimum atomic E-state index is -0.363. The second kappa shape index (κ2) is 7.59. The number of amides is 1. The predicted octanol–water partition coefficient (Wildman–Crippen LogP) is 3.43. The van der Waals surface area contributed by atoms with Gasteiger partial charge in [-0.1, -0.05) is 35.9 Å². The Morgan fingerprint density at radius 1 is 1.00 bits per heavy atom. The number of aryl methyl sites for hydroxylation is 4. The fourth-order valence-electron chi connectivity index (χ4n) is 3.52. The molecule has 0 spiro atoms. The van der Waals surface area contributed by atoms with Crippen LogP contribution in [-0.2, 0) is 11.3 Å². The summed E-state index contributed by atoms with van der Waals surface area (Å²) >= 11 is 0. The van der Waals surface area contributed by atoms with E-state index >= 15 is 0 Å². The quantitative estimate of drug-likeness (QED) is 0.568. The molecule has 4 aromatic rings. The van der Waals surface area contributed by atoms with Gasteiger partial charge in [0.25, 0.3) is 5.56 Å². The number of carbonyl (C=O) groups excluding carboxylic acids is 1. The molecule has 7 nitrogen and oxygen atoms in total. The van der Waals surface area contributed by atoms with E-state index in [0.29, 0.717) is 11.2 Å². The second-order valence-electron chi connectivity index (χ2n) is 7.59. The van der Waals surface area contributed by atoms with Gasteiger partial charge in [0.2, 0.25) is 5.91 Å². The van der Waals surface area contributed by atoms with Crippen LogP contribution in [0, 0.1) is 27.7 Å². The van der Waals surface area contributed by atoms with Gasteiger partial charge in [0.15, 0.2) is 0 Å². The zero-order chi connectivity index (χ0) is 21.4. The molecule has 0 atom stereocenters. The normalized spacial score (nSPS) is 11.1. The lowest BCUT2D eigenvalue weighted by Gasteiger charge is -2.11. The molecule has 30 heavy (non-hydrogen) atoms. The van der Waals surface area contributed by atoms with Gasteiger partial charge in [-0.25, -0.2) is 9.20 Å². The number of aromatic nitrogens is 4. The molecule has 2 heterocycles. The van der Waals surface area contributed by atoms with Crippen molar-refractivity contribution in [2.75, 3.05) is 5.32 Å². The van der Waals surface area contributed by atoms with Gasteiger partial charge in [0.1, 0.15) is 18.4 Å². The summed E-state index contributed by atoms with van der Waals surface area (Å²) in [4.78, 5) is 25.5. The highest BCUT2D eigenvalue weighted by molar-refractivity contribution is 5.92. The average Bonchev–Trinajstić information content (AvgIpc) is 3.14. The summed E-state index contributed by atoms with van der Waals surface area (Å²) in [5, 5.41) is 11.5. The molecule has 1 amide bonds. The molecular weight excluding hydrogens is 378 g/mol. The first-order chi connectivity index (χ1) is 14.3. The summed E-state index contributed by atoms with van der Waals surface area (Å²) < 4.78 is 2.62. The number of carbonyl (C=O) groups is 1. The van der Waals surface area contributed by atoms with Crippen LogP contribution in [0.4, 0.5) is 5.69 Å². The maximum atomic E-state index is 12.9. The van der Waals surface area contributed by atoms with Crippen molar-refractivity contribution in [1.82, 2.24) is 19.4 Å². The summed E-state index contributed by atoms with van der Waals surface area (Å²) in [6.45, 7) is 7.71. The van der Waals surface area contributed by atoms with Crippen LogP contribution in [0.2, 0.25) is 0 Å². The molecule has 0 fully saturated rings. The molecule has 0 saturated heterocycles. The summed E-state index contributed by atoms with van der Waals surface area (Å²) in [6, 6.07) is 13.7. The van der Waals surface area contributed by atoms with E-state index < -0.39 is 0 Å². The Balaban J connectivity index is 1.65. The van der Waals surface area contributed by atoms with Gasteiger partial charge in [-0.2, -0.15) is 10.2 Å². The van der Waals surface area contributed by atoms with Crippen molar-refractivity contribution >= 4 is 17.1 Å². The third-order valence-corrected chi connectivity index (χ3v) is 5.20. The summed E-state index contributed by atoms with van der Waals surface area (Å²) in [6.07, 6.45) is 1.46. The molecule has 0 saturated carbocycles. The molecule has 0 unspecified atom stereocenters. The van der Waals surface area contributed by atoms with E-state index in [-0.39, 0.29) is 18.0 Å². The fraction of sp³-hybridized carbons (Fsp3) is 0.217. The highest BCUT2D eigenvalue weighted by atomic mass is 16.2. The molecule has 1 N–H and O–H groups in total. The first kappa shape index (κ1) is 19.6. The van der Waals surface area contributed by atoms with Crippen molar-refractivity contribution in [2.45, 2.75) is 34.2 Å². The summed E-state index contributed by atoms with van der Waals surface area (Å²) in [7, 11) is 0. The lowest BCUT2D eigenvalue weighted by molar-refractivity contribution is -0.117. The van der Waals surface area contributed by atoms with Gasteiger partial charge in [-0.05, 0) is 56.5 Å². The van der Waals surface area contributed by atoms with Gasteiger partial charge < -0.3 is 5.32 Å². The van der Waals surface area contributed by atoms with Crippen molar-refractivity contribution in [1.29, 1.82) is 0 Å². The van der Waals surface area contributed by atoms with Crippen LogP contribution in [0.25, 0.3) is 16.8 Å². The molecule has 2 aromatic heterocycles. The van der Waals surface area contributed by atoms with Gasteiger partial charge in [-0.3, -0.25) is 9.59 Å². The van der Waals surface area contributed by atoms with Crippen molar-refractivity contribution < 1.29 is 4.79 Å². The van der Waals surface area contributed by atoms with Gasteiger partial charge in [0, 0.05) is 11.3 Å². The lowest BCUT2D eigenvalue weighted by Crippen LogP contribution is -2.30. The van der Waals surface area contributed by atoms with Crippen LogP contribution in [0.5, 0.6) is 0 Å². The first-order valence-corrected chi connectivity index (χ1v) is 9.72. The number of hydrogen-bond donors (Lipinski definition) is 1. The van der Waals surface area contributed by atoms with Crippen LogP contribution in [0.1, 0.15) is 22.3 Å². The topological polar surface area (TPSA) is 81.3 Å². The van der Waals surface area contributed by atoms with Crippen molar-refractivity contribution in [2.24, 2.45) is 0 Å². The summed E-state index contributed by atoms with van der Waals surface area (Å²) in [5.74, 6) is -0.305. The monoisotopic (exact) mass is 401 g/mol. The van der Waals surface area contributed by atoms with Gasteiger partial charge >= 0.3 is 0 Å². The zero-order valence-corrected chi connectivity index (χ0v) is 17.4. The van der Waals surface area contributed by atoms with E-state index in [1.54, 1.807) is 6.07 Å². The zero-order valence-electron chi connectivity index (χ0n) is 17.4. The predicted molar refractivity (Wildman–Crippen MR) is 117 cm³/mol. The molecule has 152 valence electrons. The van der Waals surface area contributed by atoms with E-state index in [4.69, 9.17) is 0 Å². The Morgan fingerprint density at radius 2 is 1.73 bits per heavy atom. The van der Waals surface area contributed by atoms with Crippen molar-refractivity contribution in [3.63, 3.8) is 0 Å². The number of nitrogens with one attached hydrogen (secondary N) is 1. The van der Waals surface area contributed by atoms with Gasteiger partial charge in [0.05, 0.1) is 5.69 Å². The molecule has 0 bridgehead atoms.